The number of hydrogen-bond acceptors (Lipinski definition) is 5. The molecule has 2 aromatic carbocycles. The standard InChI is InChI=1S/C27H19Cl2F3N6O/c28-19-7-3-17(4-8-19)22-23(18-5-9-20(29)10-6-18)34-25(36-12-1-13-36)38-24(22)35-37(26(38)39)15-16-2-11-21(33-14-16)27(30,31)32/h2-11,14H,1,12-13,15H2. The smallest absolute Gasteiger partial charge is 0.342 e. The molecule has 198 valence electrons. The summed E-state index contributed by atoms with van der Waals surface area (Å²) in [6, 6.07) is 16.5. The summed E-state index contributed by atoms with van der Waals surface area (Å²) in [6.07, 6.45) is -2.49. The van der Waals surface area contributed by atoms with Crippen molar-refractivity contribution in [3.05, 3.63) is 98.6 Å². The van der Waals surface area contributed by atoms with E-state index in [9.17, 15) is 18.0 Å². The van der Waals surface area contributed by atoms with Gasteiger partial charge in [0.2, 0.25) is 5.95 Å². The van der Waals surface area contributed by atoms with Crippen molar-refractivity contribution >= 4 is 34.8 Å². The van der Waals surface area contributed by atoms with Gasteiger partial charge in [0, 0.05) is 34.9 Å². The summed E-state index contributed by atoms with van der Waals surface area (Å²) >= 11 is 12.3. The molecule has 0 amide bonds. The average molecular weight is 571 g/mol. The normalized spacial score (nSPS) is 13.6. The molecule has 3 aromatic heterocycles. The molecule has 0 unspecified atom stereocenters. The summed E-state index contributed by atoms with van der Waals surface area (Å²) in [6.45, 7) is 1.38. The molecule has 1 aliphatic heterocycles. The van der Waals surface area contributed by atoms with Gasteiger partial charge in [0.15, 0.2) is 5.65 Å². The molecule has 0 radical (unpaired) electrons. The number of fused-ring (bicyclic) bond motifs is 1. The number of rotatable bonds is 5. The molecule has 1 aliphatic rings. The van der Waals surface area contributed by atoms with E-state index in [2.05, 4.69) is 10.1 Å². The molecular weight excluding hydrogens is 552 g/mol. The van der Waals surface area contributed by atoms with Gasteiger partial charge in [-0.15, -0.1) is 5.10 Å². The van der Waals surface area contributed by atoms with E-state index < -0.39 is 17.6 Å². The van der Waals surface area contributed by atoms with Gasteiger partial charge in [0.05, 0.1) is 17.8 Å². The maximum absolute atomic E-state index is 13.7. The van der Waals surface area contributed by atoms with Crippen LogP contribution in [0, 0.1) is 0 Å². The minimum atomic E-state index is -4.55. The maximum atomic E-state index is 13.7. The van der Waals surface area contributed by atoms with Gasteiger partial charge >= 0.3 is 11.9 Å². The Balaban J connectivity index is 1.58. The van der Waals surface area contributed by atoms with Gasteiger partial charge in [-0.25, -0.2) is 18.9 Å². The highest BCUT2D eigenvalue weighted by molar-refractivity contribution is 6.31. The number of halogens is 5. The van der Waals surface area contributed by atoms with Crippen LogP contribution < -0.4 is 10.6 Å². The lowest BCUT2D eigenvalue weighted by Gasteiger charge is -2.32. The monoisotopic (exact) mass is 570 g/mol. The largest absolute Gasteiger partial charge is 0.433 e. The SMILES string of the molecule is O=c1n(Cc2ccc(C(F)(F)F)nc2)nc2c(-c3ccc(Cl)cc3)c(-c3ccc(Cl)cc3)nc(N3CCC3)n12. The lowest BCUT2D eigenvalue weighted by molar-refractivity contribution is -0.141. The summed E-state index contributed by atoms with van der Waals surface area (Å²) in [5.41, 5.74) is 2.04. The summed E-state index contributed by atoms with van der Waals surface area (Å²) in [5, 5.41) is 5.79. The summed E-state index contributed by atoms with van der Waals surface area (Å²) in [4.78, 5) is 24.2. The molecule has 0 bridgehead atoms. The van der Waals surface area contributed by atoms with Crippen molar-refractivity contribution in [2.75, 3.05) is 18.0 Å². The van der Waals surface area contributed by atoms with Crippen LogP contribution in [-0.2, 0) is 12.7 Å². The fraction of sp³-hybridized carbons (Fsp3) is 0.185. The van der Waals surface area contributed by atoms with Gasteiger partial charge in [0.1, 0.15) is 5.69 Å². The Bertz CT molecular complexity index is 1730. The van der Waals surface area contributed by atoms with E-state index in [1.807, 2.05) is 29.2 Å². The molecule has 4 heterocycles. The third kappa shape index (κ3) is 4.74. The minimum Gasteiger partial charge on any atom is -0.342 e. The van der Waals surface area contributed by atoms with Crippen LogP contribution in [0.5, 0.6) is 0 Å². The molecule has 1 saturated heterocycles. The second-order valence-electron chi connectivity index (χ2n) is 9.14. The van der Waals surface area contributed by atoms with Crippen LogP contribution in [0.15, 0.2) is 71.7 Å². The van der Waals surface area contributed by atoms with Crippen LogP contribution in [0.4, 0.5) is 19.1 Å². The maximum Gasteiger partial charge on any atom is 0.433 e. The molecule has 39 heavy (non-hydrogen) atoms. The number of pyridine rings is 1. The summed E-state index contributed by atoms with van der Waals surface area (Å²) < 4.78 is 41.6. The molecule has 7 nitrogen and oxygen atoms in total. The fourth-order valence-electron chi connectivity index (χ4n) is 4.45. The second kappa shape index (κ2) is 9.69. The molecule has 0 aliphatic carbocycles. The molecule has 0 saturated carbocycles. The highest BCUT2D eigenvalue weighted by atomic mass is 35.5. The topological polar surface area (TPSA) is 68.3 Å². The van der Waals surface area contributed by atoms with Gasteiger partial charge < -0.3 is 4.90 Å². The van der Waals surface area contributed by atoms with E-state index in [-0.39, 0.29) is 6.54 Å². The van der Waals surface area contributed by atoms with Crippen LogP contribution in [0.25, 0.3) is 28.0 Å². The van der Waals surface area contributed by atoms with Crippen molar-refractivity contribution in [3.8, 4) is 22.4 Å². The quantitative estimate of drug-likeness (QED) is 0.251. The number of anilines is 1. The third-order valence-electron chi connectivity index (χ3n) is 6.55. The lowest BCUT2D eigenvalue weighted by Crippen LogP contribution is -2.40. The number of alkyl halides is 3. The van der Waals surface area contributed by atoms with Gasteiger partial charge in [0.25, 0.3) is 0 Å². The first-order chi connectivity index (χ1) is 18.7. The molecule has 5 aromatic rings. The predicted octanol–water partition coefficient (Wildman–Crippen LogP) is 6.20. The van der Waals surface area contributed by atoms with E-state index >= 15 is 0 Å². The zero-order valence-corrected chi connectivity index (χ0v) is 21.7. The summed E-state index contributed by atoms with van der Waals surface area (Å²) in [7, 11) is 0. The van der Waals surface area contributed by atoms with Gasteiger partial charge in [-0.3, -0.25) is 4.98 Å². The van der Waals surface area contributed by atoms with E-state index in [4.69, 9.17) is 28.2 Å². The Morgan fingerprint density at radius 3 is 2.05 bits per heavy atom. The molecule has 12 heteroatoms. The van der Waals surface area contributed by atoms with E-state index in [1.165, 1.54) is 15.1 Å². The Hall–Kier alpha value is -3.89. The molecule has 0 N–H and O–H groups in total. The highest BCUT2D eigenvalue weighted by Crippen LogP contribution is 2.37. The van der Waals surface area contributed by atoms with E-state index in [1.54, 1.807) is 24.3 Å². The molecule has 0 spiro atoms. The van der Waals surface area contributed by atoms with Crippen LogP contribution in [0.1, 0.15) is 17.7 Å². The number of benzene rings is 2. The Kier molecular flexibility index (Phi) is 6.31. The van der Waals surface area contributed by atoms with Crippen LogP contribution in [0.3, 0.4) is 0 Å². The van der Waals surface area contributed by atoms with Crippen molar-refractivity contribution in [2.24, 2.45) is 0 Å². The second-order valence-corrected chi connectivity index (χ2v) is 10.0. The predicted molar refractivity (Wildman–Crippen MR) is 143 cm³/mol. The first-order valence-electron chi connectivity index (χ1n) is 12.0. The Morgan fingerprint density at radius 1 is 0.872 bits per heavy atom. The minimum absolute atomic E-state index is 0.0680. The van der Waals surface area contributed by atoms with Crippen molar-refractivity contribution < 1.29 is 13.2 Å². The van der Waals surface area contributed by atoms with Crippen molar-refractivity contribution in [3.63, 3.8) is 0 Å². The van der Waals surface area contributed by atoms with Crippen LogP contribution >= 0.6 is 23.2 Å². The van der Waals surface area contributed by atoms with Gasteiger partial charge in [-0.1, -0.05) is 53.5 Å². The Labute approximate surface area is 230 Å². The summed E-state index contributed by atoms with van der Waals surface area (Å²) in [5.74, 6) is 0.445. The third-order valence-corrected chi connectivity index (χ3v) is 7.05. The lowest BCUT2D eigenvalue weighted by atomic mass is 10.00. The first-order valence-corrected chi connectivity index (χ1v) is 12.8. The average Bonchev–Trinajstić information content (AvgIpc) is 3.19. The van der Waals surface area contributed by atoms with Gasteiger partial charge in [-0.05, 0) is 47.9 Å². The van der Waals surface area contributed by atoms with Crippen molar-refractivity contribution in [2.45, 2.75) is 19.1 Å². The number of hydrogen-bond donors (Lipinski definition) is 0. The molecule has 0 atom stereocenters. The highest BCUT2D eigenvalue weighted by Gasteiger charge is 2.32. The van der Waals surface area contributed by atoms with Crippen LogP contribution in [0.2, 0.25) is 10.0 Å². The van der Waals surface area contributed by atoms with Crippen LogP contribution in [-0.4, -0.2) is 37.2 Å². The number of aromatic nitrogens is 5. The fourth-order valence-corrected chi connectivity index (χ4v) is 4.70. The number of nitrogens with zero attached hydrogens (tertiary/aromatic N) is 6. The first kappa shape index (κ1) is 25.4. The molecule has 6 rings (SSSR count). The van der Waals surface area contributed by atoms with Gasteiger partial charge in [-0.2, -0.15) is 13.2 Å². The van der Waals surface area contributed by atoms with Crippen molar-refractivity contribution in [1.82, 2.24) is 24.1 Å². The zero-order valence-electron chi connectivity index (χ0n) is 20.2. The van der Waals surface area contributed by atoms with E-state index in [0.717, 1.165) is 42.9 Å². The zero-order chi connectivity index (χ0) is 27.3. The molecular formula is C27H19Cl2F3N6O. The van der Waals surface area contributed by atoms with Crippen molar-refractivity contribution in [1.29, 1.82) is 0 Å². The van der Waals surface area contributed by atoms with E-state index in [0.29, 0.717) is 38.5 Å². The molecule has 1 fully saturated rings. The Morgan fingerprint density at radius 2 is 1.51 bits per heavy atom.